The molecule has 3 aromatic rings. The molecule has 2 aromatic carbocycles. The molecule has 4 rings (SSSR count). The van der Waals surface area contributed by atoms with Crippen LogP contribution in [0.5, 0.6) is 0 Å². The summed E-state index contributed by atoms with van der Waals surface area (Å²) in [6, 6.07) is 15.3. The zero-order chi connectivity index (χ0) is 24.3. The molecule has 174 valence electrons. The predicted molar refractivity (Wildman–Crippen MR) is 123 cm³/mol. The van der Waals surface area contributed by atoms with E-state index in [4.69, 9.17) is 0 Å². The first-order valence-corrected chi connectivity index (χ1v) is 10.6. The smallest absolute Gasteiger partial charge is 0.325 e. The number of carbonyl (C=O) groups excluding carboxylic acids is 2. The summed E-state index contributed by atoms with van der Waals surface area (Å²) >= 11 is 0. The van der Waals surface area contributed by atoms with Gasteiger partial charge in [0.15, 0.2) is 5.82 Å². The number of pyridine rings is 1. The second-order valence-corrected chi connectivity index (χ2v) is 7.74. The summed E-state index contributed by atoms with van der Waals surface area (Å²) in [5, 5.41) is 2.53. The van der Waals surface area contributed by atoms with Gasteiger partial charge in [-0.2, -0.15) is 13.2 Å². The van der Waals surface area contributed by atoms with Gasteiger partial charge >= 0.3 is 6.18 Å². The van der Waals surface area contributed by atoms with E-state index in [2.05, 4.69) is 22.2 Å². The van der Waals surface area contributed by atoms with Crippen LogP contribution in [-0.2, 0) is 22.2 Å². The monoisotopic (exact) mass is 466 g/mol. The number of nitrogens with one attached hydrogen (secondary N) is 1. The molecular weight excluding hydrogens is 445 g/mol. The largest absolute Gasteiger partial charge is 0.416 e. The number of nitrogens with zero attached hydrogens (tertiary/aromatic N) is 3. The highest BCUT2D eigenvalue weighted by Crippen LogP contribution is 2.32. The molecule has 0 saturated heterocycles. The molecule has 0 unspecified atom stereocenters. The van der Waals surface area contributed by atoms with Gasteiger partial charge in [0.2, 0.25) is 11.8 Å². The lowest BCUT2D eigenvalue weighted by atomic mass is 10.0. The first kappa shape index (κ1) is 23.2. The molecule has 0 spiro atoms. The molecule has 0 fully saturated rings. The second-order valence-electron chi connectivity index (χ2n) is 7.74. The van der Waals surface area contributed by atoms with E-state index in [0.29, 0.717) is 11.4 Å². The van der Waals surface area contributed by atoms with Gasteiger partial charge in [-0.05, 0) is 53.9 Å². The van der Waals surface area contributed by atoms with E-state index in [1.807, 2.05) is 24.3 Å². The minimum Gasteiger partial charge on any atom is -0.325 e. The number of aryl methyl sites for hydroxylation is 1. The molecule has 0 aliphatic carbocycles. The minimum absolute atomic E-state index is 0.0323. The van der Waals surface area contributed by atoms with E-state index >= 15 is 0 Å². The van der Waals surface area contributed by atoms with Crippen molar-refractivity contribution in [3.05, 3.63) is 83.6 Å². The standard InChI is InChI=1S/C25H21F3N4O2/c1-2-16-5-7-17(8-6-16)21-14-23(34)32(24-20(31-21)4-3-13-29-24)15-22(33)30-19-11-9-18(10-12-19)25(26,27)28/h3-13H,2,14-15H2,1H3,(H,30,33). The third kappa shape index (κ3) is 5.14. The Morgan fingerprint density at radius 1 is 1.06 bits per heavy atom. The fraction of sp³-hybridized carbons (Fsp3) is 0.200. The van der Waals surface area contributed by atoms with Crippen molar-refractivity contribution in [2.75, 3.05) is 16.8 Å². The molecule has 1 aromatic heterocycles. The van der Waals surface area contributed by atoms with Gasteiger partial charge in [-0.15, -0.1) is 0 Å². The van der Waals surface area contributed by atoms with Crippen LogP contribution in [0.25, 0.3) is 0 Å². The topological polar surface area (TPSA) is 74.7 Å². The number of benzene rings is 2. The number of aromatic nitrogens is 1. The lowest BCUT2D eigenvalue weighted by molar-refractivity contribution is -0.137. The highest BCUT2D eigenvalue weighted by Gasteiger charge is 2.30. The van der Waals surface area contributed by atoms with Gasteiger partial charge in [0.05, 0.1) is 17.7 Å². The molecule has 0 atom stereocenters. The van der Waals surface area contributed by atoms with Gasteiger partial charge in [-0.3, -0.25) is 14.5 Å². The van der Waals surface area contributed by atoms with Crippen LogP contribution in [0.4, 0.5) is 30.4 Å². The van der Waals surface area contributed by atoms with Crippen molar-refractivity contribution in [2.45, 2.75) is 25.9 Å². The minimum atomic E-state index is -4.47. The molecule has 2 heterocycles. The van der Waals surface area contributed by atoms with Crippen molar-refractivity contribution in [3.8, 4) is 0 Å². The zero-order valence-corrected chi connectivity index (χ0v) is 18.3. The summed E-state index contributed by atoms with van der Waals surface area (Å²) in [6.07, 6.45) is -2.11. The van der Waals surface area contributed by atoms with Crippen molar-refractivity contribution in [2.24, 2.45) is 4.99 Å². The number of amides is 2. The van der Waals surface area contributed by atoms with Crippen molar-refractivity contribution in [3.63, 3.8) is 0 Å². The van der Waals surface area contributed by atoms with Gasteiger partial charge in [0.1, 0.15) is 12.2 Å². The van der Waals surface area contributed by atoms with Gasteiger partial charge in [0.25, 0.3) is 0 Å². The summed E-state index contributed by atoms with van der Waals surface area (Å²) in [6.45, 7) is 1.69. The van der Waals surface area contributed by atoms with Crippen LogP contribution in [0, 0.1) is 0 Å². The lowest BCUT2D eigenvalue weighted by Crippen LogP contribution is -2.39. The van der Waals surface area contributed by atoms with Crippen molar-refractivity contribution in [1.29, 1.82) is 0 Å². The van der Waals surface area contributed by atoms with E-state index in [9.17, 15) is 22.8 Å². The normalized spacial score (nSPS) is 13.7. The fourth-order valence-electron chi connectivity index (χ4n) is 3.57. The zero-order valence-electron chi connectivity index (χ0n) is 18.3. The van der Waals surface area contributed by atoms with E-state index in [0.717, 1.165) is 29.7 Å². The van der Waals surface area contributed by atoms with Crippen molar-refractivity contribution >= 4 is 34.7 Å². The Hall–Kier alpha value is -4.01. The number of alkyl halides is 3. The van der Waals surface area contributed by atoms with Crippen LogP contribution in [0.3, 0.4) is 0 Å². The summed E-state index contributed by atoms with van der Waals surface area (Å²) < 4.78 is 38.3. The molecule has 6 nitrogen and oxygen atoms in total. The Kier molecular flexibility index (Phi) is 6.45. The molecule has 0 radical (unpaired) electrons. The molecule has 9 heteroatoms. The van der Waals surface area contributed by atoms with E-state index in [1.165, 1.54) is 23.2 Å². The molecular formula is C25H21F3N4O2. The van der Waals surface area contributed by atoms with Crippen LogP contribution >= 0.6 is 0 Å². The van der Waals surface area contributed by atoms with Gasteiger partial charge in [-0.25, -0.2) is 9.98 Å². The fourth-order valence-corrected chi connectivity index (χ4v) is 3.57. The predicted octanol–water partition coefficient (Wildman–Crippen LogP) is 5.16. The first-order valence-electron chi connectivity index (χ1n) is 10.6. The molecule has 0 saturated carbocycles. The van der Waals surface area contributed by atoms with E-state index < -0.39 is 17.6 Å². The first-order chi connectivity index (χ1) is 16.2. The molecule has 1 aliphatic rings. The lowest BCUT2D eigenvalue weighted by Gasteiger charge is -2.20. The second kappa shape index (κ2) is 9.46. The SMILES string of the molecule is CCc1ccc(C2=Nc3cccnc3N(CC(=O)Nc3ccc(C(F)(F)F)cc3)C(=O)C2)cc1. The number of hydrogen-bond donors (Lipinski definition) is 1. The van der Waals surface area contributed by atoms with E-state index in [1.54, 1.807) is 12.1 Å². The van der Waals surface area contributed by atoms with Crippen LogP contribution in [-0.4, -0.2) is 29.1 Å². The Balaban J connectivity index is 1.54. The number of fused-ring (bicyclic) bond motifs is 1. The number of aliphatic imine (C=N–C) groups is 1. The quantitative estimate of drug-likeness (QED) is 0.565. The average molecular weight is 466 g/mol. The Bertz CT molecular complexity index is 1240. The molecule has 0 bridgehead atoms. The van der Waals surface area contributed by atoms with Crippen LogP contribution in [0.1, 0.15) is 30.0 Å². The number of hydrogen-bond acceptors (Lipinski definition) is 4. The van der Waals surface area contributed by atoms with E-state index in [-0.39, 0.29) is 30.4 Å². The number of halogens is 3. The van der Waals surface area contributed by atoms with Crippen LogP contribution in [0.2, 0.25) is 0 Å². The summed E-state index contributed by atoms with van der Waals surface area (Å²) in [4.78, 5) is 35.9. The van der Waals surface area contributed by atoms with Crippen molar-refractivity contribution < 1.29 is 22.8 Å². The highest BCUT2D eigenvalue weighted by atomic mass is 19.4. The molecule has 1 aliphatic heterocycles. The summed E-state index contributed by atoms with van der Waals surface area (Å²) in [7, 11) is 0. The van der Waals surface area contributed by atoms with Crippen LogP contribution < -0.4 is 10.2 Å². The number of carbonyl (C=O) groups is 2. The van der Waals surface area contributed by atoms with Gasteiger partial charge in [-0.1, -0.05) is 31.2 Å². The Morgan fingerprint density at radius 2 is 1.76 bits per heavy atom. The van der Waals surface area contributed by atoms with Crippen LogP contribution in [0.15, 0.2) is 71.9 Å². The molecule has 1 N–H and O–H groups in total. The average Bonchev–Trinajstić information content (AvgIpc) is 2.95. The Morgan fingerprint density at radius 3 is 2.41 bits per heavy atom. The Labute approximate surface area is 194 Å². The summed E-state index contributed by atoms with van der Waals surface area (Å²) in [5.41, 5.74) is 2.35. The number of anilines is 2. The molecule has 2 amide bonds. The third-order valence-electron chi connectivity index (χ3n) is 5.39. The van der Waals surface area contributed by atoms with Gasteiger partial charge < -0.3 is 5.32 Å². The highest BCUT2D eigenvalue weighted by molar-refractivity contribution is 6.18. The maximum Gasteiger partial charge on any atom is 0.416 e. The van der Waals surface area contributed by atoms with Crippen molar-refractivity contribution in [1.82, 2.24) is 4.98 Å². The molecule has 34 heavy (non-hydrogen) atoms. The maximum atomic E-state index is 13.1. The third-order valence-corrected chi connectivity index (χ3v) is 5.39. The maximum absolute atomic E-state index is 13.1. The van der Waals surface area contributed by atoms with Gasteiger partial charge in [0, 0.05) is 11.9 Å². The number of rotatable bonds is 5. The summed E-state index contributed by atoms with van der Waals surface area (Å²) in [5.74, 6) is -0.686.